The van der Waals surface area contributed by atoms with Crippen LogP contribution in [0, 0.1) is 12.8 Å². The van der Waals surface area contributed by atoms with Crippen LogP contribution in [0.1, 0.15) is 51.1 Å². The molecule has 0 atom stereocenters. The highest BCUT2D eigenvalue weighted by Gasteiger charge is 2.22. The number of nitrogens with one attached hydrogen (secondary N) is 2. The Morgan fingerprint density at radius 3 is 2.60 bits per heavy atom. The van der Waals surface area contributed by atoms with Crippen molar-refractivity contribution in [2.24, 2.45) is 5.92 Å². The summed E-state index contributed by atoms with van der Waals surface area (Å²) in [5, 5.41) is 3.35. The fourth-order valence-corrected chi connectivity index (χ4v) is 4.11. The molecular formula is C20H32N6O3S. The molecule has 2 aromatic rings. The summed E-state index contributed by atoms with van der Waals surface area (Å²) >= 11 is 1.43. The van der Waals surface area contributed by atoms with E-state index in [0.717, 1.165) is 29.8 Å². The van der Waals surface area contributed by atoms with Crippen molar-refractivity contribution in [1.82, 2.24) is 14.5 Å². The van der Waals surface area contributed by atoms with E-state index in [9.17, 15) is 14.4 Å². The van der Waals surface area contributed by atoms with Crippen LogP contribution in [0.4, 0.5) is 16.6 Å². The number of nitrogens with two attached hydrogens (primary N) is 1. The molecule has 0 radical (unpaired) electrons. The lowest BCUT2D eigenvalue weighted by Crippen LogP contribution is -2.42. The molecule has 0 aromatic carbocycles. The molecule has 30 heavy (non-hydrogen) atoms. The van der Waals surface area contributed by atoms with Gasteiger partial charge in [-0.15, -0.1) is 11.3 Å². The van der Waals surface area contributed by atoms with Crippen LogP contribution in [0.2, 0.25) is 0 Å². The molecule has 4 N–H and O–H groups in total. The van der Waals surface area contributed by atoms with E-state index in [2.05, 4.69) is 15.3 Å². The van der Waals surface area contributed by atoms with Gasteiger partial charge in [0.25, 0.3) is 5.56 Å². The van der Waals surface area contributed by atoms with Crippen LogP contribution < -0.4 is 27.2 Å². The molecule has 9 nitrogen and oxygen atoms in total. The molecule has 0 spiro atoms. The summed E-state index contributed by atoms with van der Waals surface area (Å²) in [6, 6.07) is 0. The Labute approximate surface area is 180 Å². The summed E-state index contributed by atoms with van der Waals surface area (Å²) in [5.41, 5.74) is 6.22. The molecule has 1 amide bonds. The first-order chi connectivity index (χ1) is 14.2. The number of nitrogens with zero attached hydrogens (tertiary/aromatic N) is 3. The molecule has 0 fully saturated rings. The van der Waals surface area contributed by atoms with Crippen LogP contribution in [0.3, 0.4) is 0 Å². The first-order valence-electron chi connectivity index (χ1n) is 10.3. The minimum absolute atomic E-state index is 0.0623. The minimum Gasteiger partial charge on any atom is -0.383 e. The first-order valence-corrected chi connectivity index (χ1v) is 11.1. The number of rotatable bonds is 10. The van der Waals surface area contributed by atoms with Gasteiger partial charge in [-0.1, -0.05) is 34.1 Å². The molecule has 0 saturated carbocycles. The Bertz CT molecular complexity index is 991. The fraction of sp³-hybridized carbons (Fsp3) is 0.600. The number of unbranched alkanes of at least 4 members (excludes halogenated alkanes) is 1. The lowest BCUT2D eigenvalue weighted by atomic mass is 10.2. The van der Waals surface area contributed by atoms with Crippen molar-refractivity contribution in [2.75, 3.05) is 29.0 Å². The number of anilines is 3. The van der Waals surface area contributed by atoms with Crippen molar-refractivity contribution in [3.8, 4) is 0 Å². The number of hydrogen-bond acceptors (Lipinski definition) is 7. The van der Waals surface area contributed by atoms with E-state index in [4.69, 9.17) is 5.73 Å². The van der Waals surface area contributed by atoms with E-state index >= 15 is 0 Å². The Morgan fingerprint density at radius 2 is 2.03 bits per heavy atom. The maximum atomic E-state index is 12.7. The van der Waals surface area contributed by atoms with Crippen LogP contribution in [0.25, 0.3) is 0 Å². The van der Waals surface area contributed by atoms with Crippen molar-refractivity contribution in [3.63, 3.8) is 0 Å². The summed E-state index contributed by atoms with van der Waals surface area (Å²) in [5.74, 6) is -0.0420. The molecule has 166 valence electrons. The third kappa shape index (κ3) is 5.71. The number of thiazole rings is 1. The number of aryl methyl sites for hydroxylation is 2. The Balaban J connectivity index is 2.34. The zero-order chi connectivity index (χ0) is 22.4. The second kappa shape index (κ2) is 10.4. The highest BCUT2D eigenvalue weighted by atomic mass is 32.1. The van der Waals surface area contributed by atoms with E-state index in [1.807, 2.05) is 34.6 Å². The number of carbonyl (C=O) groups excluding carboxylic acids is 1. The van der Waals surface area contributed by atoms with E-state index in [1.54, 1.807) is 4.90 Å². The third-order valence-corrected chi connectivity index (χ3v) is 5.60. The molecular weight excluding hydrogens is 404 g/mol. The summed E-state index contributed by atoms with van der Waals surface area (Å²) in [6.07, 6.45) is 2.45. The molecule has 0 aliphatic heterocycles. The number of amides is 1. The summed E-state index contributed by atoms with van der Waals surface area (Å²) < 4.78 is 1.36. The van der Waals surface area contributed by atoms with Crippen molar-refractivity contribution >= 4 is 33.9 Å². The summed E-state index contributed by atoms with van der Waals surface area (Å²) in [4.78, 5) is 47.0. The largest absolute Gasteiger partial charge is 0.383 e. The van der Waals surface area contributed by atoms with Crippen LogP contribution in [0.15, 0.2) is 9.59 Å². The van der Waals surface area contributed by atoms with Crippen molar-refractivity contribution < 1.29 is 4.79 Å². The van der Waals surface area contributed by atoms with Gasteiger partial charge in [-0.25, -0.2) is 9.78 Å². The van der Waals surface area contributed by atoms with Crippen molar-refractivity contribution in [2.45, 2.75) is 60.4 Å². The maximum Gasteiger partial charge on any atom is 0.330 e. The predicted molar refractivity (Wildman–Crippen MR) is 123 cm³/mol. The molecule has 2 heterocycles. The number of nitrogen functional groups attached to an aromatic ring is 1. The summed E-state index contributed by atoms with van der Waals surface area (Å²) in [7, 11) is 0. The first kappa shape index (κ1) is 23.7. The normalized spacial score (nSPS) is 11.1. The predicted octanol–water partition coefficient (Wildman–Crippen LogP) is 2.35. The Kier molecular flexibility index (Phi) is 8.22. The van der Waals surface area contributed by atoms with E-state index < -0.39 is 11.2 Å². The van der Waals surface area contributed by atoms with Gasteiger partial charge in [0, 0.05) is 18.0 Å². The number of aromatic nitrogens is 3. The molecule has 0 aliphatic rings. The van der Waals surface area contributed by atoms with Gasteiger partial charge in [0.1, 0.15) is 11.5 Å². The van der Waals surface area contributed by atoms with Crippen molar-refractivity contribution in [3.05, 3.63) is 31.4 Å². The smallest absolute Gasteiger partial charge is 0.330 e. The maximum absolute atomic E-state index is 12.7. The molecule has 2 aromatic heterocycles. The molecule has 0 bridgehead atoms. The van der Waals surface area contributed by atoms with Gasteiger partial charge in [-0.3, -0.25) is 19.1 Å². The monoisotopic (exact) mass is 436 g/mol. The lowest BCUT2D eigenvalue weighted by molar-refractivity contribution is -0.115. The third-order valence-electron chi connectivity index (χ3n) is 4.67. The average Bonchev–Trinajstić information content (AvgIpc) is 3.01. The highest BCUT2D eigenvalue weighted by Crippen LogP contribution is 2.23. The number of aromatic amines is 1. The van der Waals surface area contributed by atoms with E-state index in [0.29, 0.717) is 18.2 Å². The van der Waals surface area contributed by atoms with Crippen LogP contribution >= 0.6 is 11.3 Å². The van der Waals surface area contributed by atoms with Gasteiger partial charge in [-0.05, 0) is 25.7 Å². The van der Waals surface area contributed by atoms with Gasteiger partial charge in [0.15, 0.2) is 5.13 Å². The molecule has 10 heteroatoms. The van der Waals surface area contributed by atoms with Crippen LogP contribution in [-0.4, -0.2) is 33.5 Å². The molecule has 0 aliphatic carbocycles. The average molecular weight is 437 g/mol. The second-order valence-corrected chi connectivity index (χ2v) is 8.90. The Hall–Kier alpha value is -2.62. The minimum atomic E-state index is -0.584. The van der Waals surface area contributed by atoms with Gasteiger partial charge in [0.2, 0.25) is 5.91 Å². The highest BCUT2D eigenvalue weighted by molar-refractivity contribution is 7.15. The SMILES string of the molecule is CCCCN(CC(=O)Nc1nc(CC)c(C)s1)c1c(N)n(CC(C)C)c(=O)[nH]c1=O. The summed E-state index contributed by atoms with van der Waals surface area (Å²) in [6.45, 7) is 10.7. The fourth-order valence-electron chi connectivity index (χ4n) is 3.19. The van der Waals surface area contributed by atoms with Gasteiger partial charge in [0.05, 0.1) is 12.2 Å². The second-order valence-electron chi connectivity index (χ2n) is 7.70. The molecule has 0 unspecified atom stereocenters. The molecule has 0 saturated heterocycles. The van der Waals surface area contributed by atoms with E-state index in [1.165, 1.54) is 15.9 Å². The topological polar surface area (TPSA) is 126 Å². The quantitative estimate of drug-likeness (QED) is 0.525. The van der Waals surface area contributed by atoms with Gasteiger partial charge >= 0.3 is 5.69 Å². The van der Waals surface area contributed by atoms with E-state index in [-0.39, 0.29) is 29.9 Å². The Morgan fingerprint density at radius 1 is 1.33 bits per heavy atom. The standard InChI is InChI=1S/C20H32N6O3S/c1-6-8-9-25(11-15(27)23-19-22-14(7-2)13(5)30-19)16-17(21)26(10-12(3)4)20(29)24-18(16)28/h12H,6-11,21H2,1-5H3,(H,22,23,27)(H,24,28,29). The molecule has 2 rings (SSSR count). The zero-order valence-corrected chi connectivity index (χ0v) is 19.2. The van der Waals surface area contributed by atoms with Crippen molar-refractivity contribution in [1.29, 1.82) is 0 Å². The zero-order valence-electron chi connectivity index (χ0n) is 18.4. The van der Waals surface area contributed by atoms with Crippen LogP contribution in [-0.2, 0) is 17.8 Å². The van der Waals surface area contributed by atoms with Crippen LogP contribution in [0.5, 0.6) is 0 Å². The number of carbonyl (C=O) groups is 1. The number of H-pyrrole nitrogens is 1. The van der Waals surface area contributed by atoms with Gasteiger partial charge in [-0.2, -0.15) is 0 Å². The lowest BCUT2D eigenvalue weighted by Gasteiger charge is -2.25. The van der Waals surface area contributed by atoms with Gasteiger partial charge < -0.3 is 16.0 Å². The number of hydrogen-bond donors (Lipinski definition) is 3.